The van der Waals surface area contributed by atoms with Crippen molar-refractivity contribution in [3.8, 4) is 10.6 Å². The van der Waals surface area contributed by atoms with Gasteiger partial charge in [-0.25, -0.2) is 13.4 Å². The van der Waals surface area contributed by atoms with E-state index in [-0.39, 0.29) is 4.21 Å². The minimum Gasteiger partial charge on any atom is -0.355 e. The maximum atomic E-state index is 12.9. The predicted octanol–water partition coefficient (Wildman–Crippen LogP) is 5.05. The zero-order chi connectivity index (χ0) is 21.7. The summed E-state index contributed by atoms with van der Waals surface area (Å²) in [7, 11) is -3.75. The number of anilines is 1. The van der Waals surface area contributed by atoms with Gasteiger partial charge in [-0.1, -0.05) is 43.3 Å². The molecule has 1 fully saturated rings. The first-order valence-electron chi connectivity index (χ1n) is 10.7. The summed E-state index contributed by atoms with van der Waals surface area (Å²) in [5.41, 5.74) is 0.827. The van der Waals surface area contributed by atoms with Gasteiger partial charge < -0.3 is 9.84 Å². The van der Waals surface area contributed by atoms with E-state index in [4.69, 9.17) is 4.52 Å². The second-order valence-electron chi connectivity index (χ2n) is 8.13. The highest BCUT2D eigenvalue weighted by atomic mass is 32.2. The van der Waals surface area contributed by atoms with E-state index in [1.165, 1.54) is 38.3 Å². The van der Waals surface area contributed by atoms with Crippen LogP contribution in [0.4, 0.5) is 5.82 Å². The van der Waals surface area contributed by atoms with E-state index < -0.39 is 10.0 Å². The molecule has 31 heavy (non-hydrogen) atoms. The number of nitrogens with zero attached hydrogens (tertiary/aromatic N) is 2. The lowest BCUT2D eigenvalue weighted by atomic mass is 9.85. The summed E-state index contributed by atoms with van der Waals surface area (Å²) in [6, 6.07) is 9.08. The van der Waals surface area contributed by atoms with Crippen LogP contribution in [0.2, 0.25) is 0 Å². The molecule has 0 spiro atoms. The first kappa shape index (κ1) is 22.0. The van der Waals surface area contributed by atoms with Gasteiger partial charge in [0.2, 0.25) is 0 Å². The minimum absolute atomic E-state index is 0.203. The highest BCUT2D eigenvalue weighted by Gasteiger charge is 2.21. The average Bonchev–Trinajstić information content (AvgIpc) is 3.46. The van der Waals surface area contributed by atoms with Crippen LogP contribution in [-0.2, 0) is 16.6 Å². The van der Waals surface area contributed by atoms with Crippen molar-refractivity contribution in [2.24, 2.45) is 5.92 Å². The van der Waals surface area contributed by atoms with E-state index in [9.17, 15) is 8.42 Å². The summed E-state index contributed by atoms with van der Waals surface area (Å²) in [5, 5.41) is 7.21. The second-order valence-corrected chi connectivity index (χ2v) is 11.1. The van der Waals surface area contributed by atoms with E-state index in [1.54, 1.807) is 24.4 Å². The molecule has 1 aliphatic rings. The van der Waals surface area contributed by atoms with Gasteiger partial charge in [0.05, 0.1) is 11.1 Å². The third-order valence-electron chi connectivity index (χ3n) is 5.70. The highest BCUT2D eigenvalue weighted by molar-refractivity contribution is 7.94. The van der Waals surface area contributed by atoms with Gasteiger partial charge >= 0.3 is 0 Å². The van der Waals surface area contributed by atoms with Gasteiger partial charge in [-0.3, -0.25) is 4.72 Å². The monoisotopic (exact) mass is 460 g/mol. The molecular formula is C22H28N4O3S2. The Morgan fingerprint density at radius 1 is 1.16 bits per heavy atom. The maximum absolute atomic E-state index is 12.9. The fourth-order valence-corrected chi connectivity index (χ4v) is 6.40. The lowest BCUT2D eigenvalue weighted by Crippen LogP contribution is -2.29. The van der Waals surface area contributed by atoms with Crippen molar-refractivity contribution in [3.63, 3.8) is 0 Å². The second kappa shape index (κ2) is 9.93. The molecule has 9 heteroatoms. The Bertz CT molecular complexity index is 1070. The topological polar surface area (TPSA) is 97.1 Å². The van der Waals surface area contributed by atoms with Crippen LogP contribution in [0.1, 0.15) is 51.0 Å². The van der Waals surface area contributed by atoms with Gasteiger partial charge in [-0.05, 0) is 37.5 Å². The average molecular weight is 461 g/mol. The summed E-state index contributed by atoms with van der Waals surface area (Å²) in [4.78, 5) is 4.99. The molecule has 1 saturated carbocycles. The van der Waals surface area contributed by atoms with Crippen molar-refractivity contribution >= 4 is 27.2 Å². The van der Waals surface area contributed by atoms with Crippen molar-refractivity contribution in [1.82, 2.24) is 15.5 Å². The SMILES string of the molecule is C[C@@H](CC1CCCCC1)NCc1cccnc1NS(=O)(=O)c1ccc(-c2ccno2)s1. The number of pyridine rings is 1. The standard InChI is InChI=1S/C22H28N4O3S2/c1-16(14-17-6-3-2-4-7-17)24-15-18-8-5-12-23-22(18)26-31(27,28)21-10-9-20(30-21)19-11-13-25-29-19/h5,8-13,16-17,24H,2-4,6-7,14-15H2,1H3,(H,23,26)/t16-/m0/s1. The number of rotatable bonds is 9. The third-order valence-corrected chi connectivity index (χ3v) is 8.63. The smallest absolute Gasteiger partial charge is 0.272 e. The number of thiophene rings is 1. The quantitative estimate of drug-likeness (QED) is 0.464. The van der Waals surface area contributed by atoms with Crippen molar-refractivity contribution in [1.29, 1.82) is 0 Å². The van der Waals surface area contributed by atoms with Crippen LogP contribution in [0.5, 0.6) is 0 Å². The summed E-state index contributed by atoms with van der Waals surface area (Å²) in [6.07, 6.45) is 11.0. The number of nitrogens with one attached hydrogen (secondary N) is 2. The molecule has 0 aliphatic heterocycles. The Labute approximate surface area is 187 Å². The zero-order valence-corrected chi connectivity index (χ0v) is 19.2. The lowest BCUT2D eigenvalue weighted by molar-refractivity contribution is 0.304. The van der Waals surface area contributed by atoms with Gasteiger partial charge in [0.1, 0.15) is 10.0 Å². The van der Waals surface area contributed by atoms with Gasteiger partial charge in [0.25, 0.3) is 10.0 Å². The van der Waals surface area contributed by atoms with Gasteiger partial charge in [-0.15, -0.1) is 11.3 Å². The molecule has 3 aromatic heterocycles. The van der Waals surface area contributed by atoms with Crippen LogP contribution >= 0.6 is 11.3 Å². The number of sulfonamides is 1. The van der Waals surface area contributed by atoms with E-state index >= 15 is 0 Å². The molecule has 7 nitrogen and oxygen atoms in total. The molecule has 2 N–H and O–H groups in total. The molecule has 3 heterocycles. The molecule has 4 rings (SSSR count). The fraction of sp³-hybridized carbons (Fsp3) is 0.455. The van der Waals surface area contributed by atoms with Crippen LogP contribution in [0.15, 0.2) is 51.5 Å². The molecule has 1 atom stereocenters. The van der Waals surface area contributed by atoms with E-state index in [2.05, 4.69) is 27.1 Å². The van der Waals surface area contributed by atoms with E-state index in [0.717, 1.165) is 29.2 Å². The molecule has 166 valence electrons. The summed E-state index contributed by atoms with van der Waals surface area (Å²) < 4.78 is 33.8. The normalized spacial score (nSPS) is 16.3. The number of aromatic nitrogens is 2. The lowest BCUT2D eigenvalue weighted by Gasteiger charge is -2.25. The van der Waals surface area contributed by atoms with Crippen molar-refractivity contribution < 1.29 is 12.9 Å². The van der Waals surface area contributed by atoms with Gasteiger partial charge in [0.15, 0.2) is 5.76 Å². The predicted molar refractivity (Wildman–Crippen MR) is 122 cm³/mol. The largest absolute Gasteiger partial charge is 0.355 e. The molecule has 0 aromatic carbocycles. The Balaban J connectivity index is 1.40. The zero-order valence-electron chi connectivity index (χ0n) is 17.6. The molecule has 3 aromatic rings. The molecule has 0 unspecified atom stereocenters. The Kier molecular flexibility index (Phi) is 7.04. The Morgan fingerprint density at radius 3 is 2.77 bits per heavy atom. The summed E-state index contributed by atoms with van der Waals surface area (Å²) in [5.74, 6) is 1.69. The Hall–Kier alpha value is -2.23. The molecule has 1 aliphatic carbocycles. The van der Waals surface area contributed by atoms with Crippen molar-refractivity contribution in [3.05, 3.63) is 48.3 Å². The molecular weight excluding hydrogens is 432 g/mol. The highest BCUT2D eigenvalue weighted by Crippen LogP contribution is 2.32. The van der Waals surface area contributed by atoms with Gasteiger partial charge in [0, 0.05) is 30.4 Å². The third kappa shape index (κ3) is 5.72. The number of hydrogen-bond acceptors (Lipinski definition) is 7. The molecule has 0 amide bonds. The van der Waals surface area contributed by atoms with E-state index in [0.29, 0.717) is 29.0 Å². The van der Waals surface area contributed by atoms with Crippen LogP contribution in [0.3, 0.4) is 0 Å². The summed E-state index contributed by atoms with van der Waals surface area (Å²) >= 11 is 1.13. The Morgan fingerprint density at radius 2 is 2.00 bits per heavy atom. The number of hydrogen-bond donors (Lipinski definition) is 2. The molecule has 0 bridgehead atoms. The minimum atomic E-state index is -3.75. The van der Waals surface area contributed by atoms with Crippen LogP contribution in [0.25, 0.3) is 10.6 Å². The van der Waals surface area contributed by atoms with Crippen LogP contribution in [0, 0.1) is 5.92 Å². The first-order valence-corrected chi connectivity index (χ1v) is 13.0. The molecule has 0 radical (unpaired) electrons. The van der Waals surface area contributed by atoms with Crippen molar-refractivity contribution in [2.45, 2.75) is 62.2 Å². The maximum Gasteiger partial charge on any atom is 0.272 e. The van der Waals surface area contributed by atoms with Gasteiger partial charge in [-0.2, -0.15) is 0 Å². The fourth-order valence-electron chi connectivity index (χ4n) is 4.08. The molecule has 0 saturated heterocycles. The van der Waals surface area contributed by atoms with Crippen molar-refractivity contribution in [2.75, 3.05) is 4.72 Å². The first-order chi connectivity index (χ1) is 15.0. The van der Waals surface area contributed by atoms with E-state index in [1.807, 2.05) is 12.1 Å². The summed E-state index contributed by atoms with van der Waals surface area (Å²) in [6.45, 7) is 2.76. The van der Waals surface area contributed by atoms with Crippen LogP contribution < -0.4 is 10.0 Å². The van der Waals surface area contributed by atoms with Crippen LogP contribution in [-0.4, -0.2) is 24.6 Å².